The first-order chi connectivity index (χ1) is 11.7. The van der Waals surface area contributed by atoms with Gasteiger partial charge in [0.15, 0.2) is 17.2 Å². The lowest BCUT2D eigenvalue weighted by Gasteiger charge is -2.10. The van der Waals surface area contributed by atoms with Gasteiger partial charge in [0.1, 0.15) is 5.82 Å². The van der Waals surface area contributed by atoms with Crippen molar-refractivity contribution < 1.29 is 14.3 Å². The number of methoxy groups -OCH3 is 2. The molecule has 1 fully saturated rings. The molecule has 1 saturated carbocycles. The topological polar surface area (TPSA) is 85.4 Å². The van der Waals surface area contributed by atoms with E-state index in [1.54, 1.807) is 32.4 Å². The predicted molar refractivity (Wildman–Crippen MR) is 89.4 cm³/mol. The maximum atomic E-state index is 12.2. The van der Waals surface area contributed by atoms with Gasteiger partial charge in [-0.3, -0.25) is 4.79 Å². The van der Waals surface area contributed by atoms with E-state index in [-0.39, 0.29) is 11.6 Å². The van der Waals surface area contributed by atoms with Crippen LogP contribution in [0.4, 0.5) is 5.82 Å². The van der Waals surface area contributed by atoms with Crippen molar-refractivity contribution >= 4 is 11.7 Å². The second-order valence-electron chi connectivity index (χ2n) is 5.59. The number of hydrogen-bond donors (Lipinski definition) is 2. The lowest BCUT2D eigenvalue weighted by molar-refractivity contribution is 0.0945. The number of aromatic nitrogens is 2. The summed E-state index contributed by atoms with van der Waals surface area (Å²) in [5.41, 5.74) is 1.19. The van der Waals surface area contributed by atoms with Crippen LogP contribution in [0.3, 0.4) is 0 Å². The van der Waals surface area contributed by atoms with E-state index in [1.165, 1.54) is 0 Å². The molecule has 0 saturated heterocycles. The van der Waals surface area contributed by atoms with Gasteiger partial charge in [-0.15, -0.1) is 10.2 Å². The number of carbonyl (C=O) groups excluding carboxylic acids is 1. The number of benzene rings is 1. The standard InChI is InChI=1S/C17H20N4O3/c1-23-14-7-3-11(9-15(14)24-2)10-18-17(22)13-6-8-16(21-20-13)19-12-4-5-12/h3,6-9,12H,4-5,10H2,1-2H3,(H,18,22)(H,19,21). The second kappa shape index (κ2) is 7.16. The number of rotatable bonds is 7. The predicted octanol–water partition coefficient (Wildman–Crippen LogP) is 2.00. The van der Waals surface area contributed by atoms with Crippen LogP contribution in [0.2, 0.25) is 0 Å². The zero-order chi connectivity index (χ0) is 16.9. The molecule has 0 unspecified atom stereocenters. The molecule has 0 atom stereocenters. The number of nitrogens with zero attached hydrogens (tertiary/aromatic N) is 2. The van der Waals surface area contributed by atoms with Crippen molar-refractivity contribution in [3.05, 3.63) is 41.6 Å². The molecule has 7 heteroatoms. The van der Waals surface area contributed by atoms with Gasteiger partial charge in [-0.05, 0) is 42.7 Å². The number of hydrogen-bond acceptors (Lipinski definition) is 6. The largest absolute Gasteiger partial charge is 0.493 e. The highest BCUT2D eigenvalue weighted by atomic mass is 16.5. The van der Waals surface area contributed by atoms with E-state index in [0.717, 1.165) is 18.4 Å². The molecule has 1 heterocycles. The number of carbonyl (C=O) groups is 1. The summed E-state index contributed by atoms with van der Waals surface area (Å²) in [5, 5.41) is 14.0. The van der Waals surface area contributed by atoms with Crippen LogP contribution >= 0.6 is 0 Å². The quantitative estimate of drug-likeness (QED) is 0.808. The SMILES string of the molecule is COc1ccc(CNC(=O)c2ccc(NC3CC3)nn2)cc1OC. The van der Waals surface area contributed by atoms with Gasteiger partial charge in [-0.1, -0.05) is 6.07 Å². The van der Waals surface area contributed by atoms with Gasteiger partial charge in [-0.25, -0.2) is 0 Å². The fourth-order valence-electron chi connectivity index (χ4n) is 2.23. The summed E-state index contributed by atoms with van der Waals surface area (Å²) in [6.07, 6.45) is 2.32. The monoisotopic (exact) mass is 328 g/mol. The van der Waals surface area contributed by atoms with Gasteiger partial charge < -0.3 is 20.1 Å². The van der Waals surface area contributed by atoms with E-state index in [2.05, 4.69) is 20.8 Å². The Morgan fingerprint density at radius 2 is 1.92 bits per heavy atom. The third-order valence-corrected chi connectivity index (χ3v) is 3.73. The van der Waals surface area contributed by atoms with Crippen LogP contribution in [0.15, 0.2) is 30.3 Å². The Hall–Kier alpha value is -2.83. The van der Waals surface area contributed by atoms with Crippen LogP contribution < -0.4 is 20.1 Å². The van der Waals surface area contributed by atoms with Gasteiger partial charge in [0.2, 0.25) is 0 Å². The summed E-state index contributed by atoms with van der Waals surface area (Å²) < 4.78 is 10.4. The molecule has 1 aliphatic carbocycles. The second-order valence-corrected chi connectivity index (χ2v) is 5.59. The first-order valence-electron chi connectivity index (χ1n) is 7.79. The molecule has 7 nitrogen and oxygen atoms in total. The average molecular weight is 328 g/mol. The fraction of sp³-hybridized carbons (Fsp3) is 0.353. The average Bonchev–Trinajstić information content (AvgIpc) is 3.44. The molecule has 1 aromatic heterocycles. The molecule has 0 aliphatic heterocycles. The molecular formula is C17H20N4O3. The van der Waals surface area contributed by atoms with E-state index < -0.39 is 0 Å². The van der Waals surface area contributed by atoms with Gasteiger partial charge in [0, 0.05) is 12.6 Å². The Morgan fingerprint density at radius 1 is 1.12 bits per heavy atom. The summed E-state index contributed by atoms with van der Waals surface area (Å²) >= 11 is 0. The molecule has 126 valence electrons. The first-order valence-corrected chi connectivity index (χ1v) is 7.79. The van der Waals surface area contributed by atoms with E-state index in [0.29, 0.717) is 29.9 Å². The zero-order valence-corrected chi connectivity index (χ0v) is 13.7. The van der Waals surface area contributed by atoms with Crippen LogP contribution in [-0.4, -0.2) is 36.4 Å². The maximum absolute atomic E-state index is 12.2. The lowest BCUT2D eigenvalue weighted by atomic mass is 10.2. The molecule has 3 rings (SSSR count). The first kappa shape index (κ1) is 16.0. The number of amides is 1. The Balaban J connectivity index is 1.58. The summed E-state index contributed by atoms with van der Waals surface area (Å²) in [5.74, 6) is 1.71. The minimum Gasteiger partial charge on any atom is -0.493 e. The summed E-state index contributed by atoms with van der Waals surface area (Å²) in [6.45, 7) is 0.364. The third kappa shape index (κ3) is 3.92. The van der Waals surface area contributed by atoms with Crippen molar-refractivity contribution in [1.29, 1.82) is 0 Å². The van der Waals surface area contributed by atoms with Crippen molar-refractivity contribution in [2.24, 2.45) is 0 Å². The molecule has 2 aromatic rings. The fourth-order valence-corrected chi connectivity index (χ4v) is 2.23. The molecular weight excluding hydrogens is 308 g/mol. The van der Waals surface area contributed by atoms with E-state index in [1.807, 2.05) is 12.1 Å². The normalized spacial score (nSPS) is 13.2. The Labute approximate surface area is 140 Å². The molecule has 24 heavy (non-hydrogen) atoms. The molecule has 2 N–H and O–H groups in total. The molecule has 0 spiro atoms. The summed E-state index contributed by atoms with van der Waals surface area (Å²) in [4.78, 5) is 12.2. The zero-order valence-electron chi connectivity index (χ0n) is 13.7. The maximum Gasteiger partial charge on any atom is 0.272 e. The van der Waals surface area contributed by atoms with Gasteiger partial charge in [-0.2, -0.15) is 0 Å². The van der Waals surface area contributed by atoms with E-state index in [9.17, 15) is 4.79 Å². The van der Waals surface area contributed by atoms with Crippen LogP contribution in [0.5, 0.6) is 11.5 Å². The van der Waals surface area contributed by atoms with Gasteiger partial charge in [0.25, 0.3) is 5.91 Å². The highest BCUT2D eigenvalue weighted by molar-refractivity contribution is 5.92. The lowest BCUT2D eigenvalue weighted by Crippen LogP contribution is -2.24. The highest BCUT2D eigenvalue weighted by Crippen LogP contribution is 2.27. The van der Waals surface area contributed by atoms with Crippen molar-refractivity contribution in [1.82, 2.24) is 15.5 Å². The minimum atomic E-state index is -0.268. The van der Waals surface area contributed by atoms with Crippen LogP contribution in [-0.2, 0) is 6.54 Å². The van der Waals surface area contributed by atoms with Crippen LogP contribution in [0.1, 0.15) is 28.9 Å². The Kier molecular flexibility index (Phi) is 4.79. The van der Waals surface area contributed by atoms with Crippen molar-refractivity contribution in [2.75, 3.05) is 19.5 Å². The number of ether oxygens (including phenoxy) is 2. The highest BCUT2D eigenvalue weighted by Gasteiger charge is 2.21. The van der Waals surface area contributed by atoms with Gasteiger partial charge >= 0.3 is 0 Å². The summed E-state index contributed by atoms with van der Waals surface area (Å²) in [6, 6.07) is 9.45. The minimum absolute atomic E-state index is 0.268. The number of anilines is 1. The Bertz CT molecular complexity index is 714. The smallest absolute Gasteiger partial charge is 0.272 e. The Morgan fingerprint density at radius 3 is 2.54 bits per heavy atom. The summed E-state index contributed by atoms with van der Waals surface area (Å²) in [7, 11) is 3.16. The van der Waals surface area contributed by atoms with E-state index >= 15 is 0 Å². The molecule has 0 radical (unpaired) electrons. The van der Waals surface area contributed by atoms with Crippen molar-refractivity contribution in [2.45, 2.75) is 25.4 Å². The molecule has 1 aromatic carbocycles. The third-order valence-electron chi connectivity index (χ3n) is 3.73. The van der Waals surface area contributed by atoms with Crippen LogP contribution in [0, 0.1) is 0 Å². The van der Waals surface area contributed by atoms with Crippen LogP contribution in [0.25, 0.3) is 0 Å². The van der Waals surface area contributed by atoms with Crippen molar-refractivity contribution in [3.63, 3.8) is 0 Å². The molecule has 0 bridgehead atoms. The van der Waals surface area contributed by atoms with Gasteiger partial charge in [0.05, 0.1) is 14.2 Å². The van der Waals surface area contributed by atoms with E-state index in [4.69, 9.17) is 9.47 Å². The van der Waals surface area contributed by atoms with Crippen molar-refractivity contribution in [3.8, 4) is 11.5 Å². The molecule has 1 amide bonds. The number of nitrogens with one attached hydrogen (secondary N) is 2. The molecule has 1 aliphatic rings.